The summed E-state index contributed by atoms with van der Waals surface area (Å²) in [6.45, 7) is 4.66. The second-order valence-electron chi connectivity index (χ2n) is 6.54. The molecule has 0 saturated carbocycles. The Hall–Kier alpha value is -2.07. The summed E-state index contributed by atoms with van der Waals surface area (Å²) >= 11 is 0. The van der Waals surface area contributed by atoms with Crippen LogP contribution in [0.25, 0.3) is 0 Å². The van der Waals surface area contributed by atoms with Gasteiger partial charge in [0.2, 0.25) is 0 Å². The average molecular weight is 327 g/mol. The molecule has 1 fully saturated rings. The number of carbonyl (C=O) groups is 1. The second-order valence-corrected chi connectivity index (χ2v) is 6.54. The highest BCUT2D eigenvalue weighted by molar-refractivity contribution is 5.93. The molecule has 0 bridgehead atoms. The maximum atomic E-state index is 12.9. The minimum absolute atomic E-state index is 0.0463. The van der Waals surface area contributed by atoms with Gasteiger partial charge >= 0.3 is 0 Å². The topological polar surface area (TPSA) is 53.7 Å². The Kier molecular flexibility index (Phi) is 5.05. The number of hydrogen-bond donors (Lipinski definition) is 1. The zero-order chi connectivity index (χ0) is 17.1. The maximum Gasteiger partial charge on any atom is 0.290 e. The Balaban J connectivity index is 1.73. The van der Waals surface area contributed by atoms with Crippen LogP contribution in [0.3, 0.4) is 0 Å². The summed E-state index contributed by atoms with van der Waals surface area (Å²) in [5.74, 6) is 1.25. The van der Waals surface area contributed by atoms with Crippen molar-refractivity contribution in [3.05, 3.63) is 59.0 Å². The van der Waals surface area contributed by atoms with Crippen LogP contribution in [0.15, 0.2) is 40.8 Å². The lowest BCUT2D eigenvalue weighted by Crippen LogP contribution is -2.36. The number of nitrogens with zero attached hydrogens (tertiary/aromatic N) is 1. The van der Waals surface area contributed by atoms with Crippen molar-refractivity contribution in [3.8, 4) is 0 Å². The van der Waals surface area contributed by atoms with Gasteiger partial charge in [-0.1, -0.05) is 37.3 Å². The maximum absolute atomic E-state index is 12.9. The first-order chi connectivity index (χ1) is 11.6. The van der Waals surface area contributed by atoms with E-state index in [4.69, 9.17) is 4.42 Å². The minimum atomic E-state index is -0.548. The van der Waals surface area contributed by atoms with Crippen molar-refractivity contribution in [3.63, 3.8) is 0 Å². The van der Waals surface area contributed by atoms with Gasteiger partial charge in [0.25, 0.3) is 5.91 Å². The zero-order valence-electron chi connectivity index (χ0n) is 14.4. The number of benzene rings is 1. The molecule has 1 amide bonds. The van der Waals surface area contributed by atoms with Gasteiger partial charge in [0.05, 0.1) is 6.10 Å². The van der Waals surface area contributed by atoms with Gasteiger partial charge in [-0.15, -0.1) is 0 Å². The highest BCUT2D eigenvalue weighted by Gasteiger charge is 2.33. The van der Waals surface area contributed by atoms with Crippen LogP contribution >= 0.6 is 0 Å². The number of aryl methyl sites for hydroxylation is 2. The second kappa shape index (κ2) is 7.22. The SMILES string of the molecule is CCc1cc(C)c(C(=O)N2CCCC2CC(O)c2ccccc2)o1. The van der Waals surface area contributed by atoms with E-state index in [0.717, 1.165) is 42.7 Å². The lowest BCUT2D eigenvalue weighted by atomic mass is 10.0. The van der Waals surface area contributed by atoms with Crippen LogP contribution < -0.4 is 0 Å². The molecule has 2 atom stereocenters. The molecule has 2 unspecified atom stereocenters. The molecule has 1 saturated heterocycles. The Morgan fingerprint density at radius 2 is 2.12 bits per heavy atom. The largest absolute Gasteiger partial charge is 0.456 e. The fourth-order valence-corrected chi connectivity index (χ4v) is 3.48. The molecule has 2 aromatic rings. The van der Waals surface area contributed by atoms with Gasteiger partial charge in [-0.3, -0.25) is 4.79 Å². The Morgan fingerprint density at radius 3 is 2.79 bits per heavy atom. The molecule has 2 heterocycles. The van der Waals surface area contributed by atoms with Crippen LogP contribution in [0, 0.1) is 6.92 Å². The van der Waals surface area contributed by atoms with E-state index < -0.39 is 6.10 Å². The highest BCUT2D eigenvalue weighted by atomic mass is 16.4. The summed E-state index contributed by atoms with van der Waals surface area (Å²) in [5, 5.41) is 10.5. The predicted octanol–water partition coefficient (Wildman–Crippen LogP) is 3.88. The third kappa shape index (κ3) is 3.39. The van der Waals surface area contributed by atoms with E-state index >= 15 is 0 Å². The lowest BCUT2D eigenvalue weighted by Gasteiger charge is -2.26. The number of rotatable bonds is 5. The quantitative estimate of drug-likeness (QED) is 0.907. The number of furan rings is 1. The molecule has 4 nitrogen and oxygen atoms in total. The van der Waals surface area contributed by atoms with E-state index in [2.05, 4.69) is 0 Å². The van der Waals surface area contributed by atoms with Gasteiger partial charge in [-0.2, -0.15) is 0 Å². The summed E-state index contributed by atoms with van der Waals surface area (Å²) < 4.78 is 5.72. The molecular formula is C20H25NO3. The average Bonchev–Trinajstić information content (AvgIpc) is 3.21. The lowest BCUT2D eigenvalue weighted by molar-refractivity contribution is 0.0634. The molecule has 0 aliphatic carbocycles. The first-order valence-corrected chi connectivity index (χ1v) is 8.73. The van der Waals surface area contributed by atoms with E-state index in [9.17, 15) is 9.90 Å². The summed E-state index contributed by atoms with van der Waals surface area (Å²) in [7, 11) is 0. The monoisotopic (exact) mass is 327 g/mol. The Labute approximate surface area is 143 Å². The van der Waals surface area contributed by atoms with Crippen molar-refractivity contribution in [2.75, 3.05) is 6.54 Å². The molecule has 1 aliphatic rings. The summed E-state index contributed by atoms with van der Waals surface area (Å²) in [6, 6.07) is 11.6. The summed E-state index contributed by atoms with van der Waals surface area (Å²) in [6.07, 6.45) is 2.70. The standard InChI is InChI=1S/C20H25NO3/c1-3-17-12-14(2)19(24-17)20(23)21-11-7-10-16(21)13-18(22)15-8-5-4-6-9-15/h4-6,8-9,12,16,18,22H,3,7,10-11,13H2,1-2H3. The third-order valence-corrected chi connectivity index (χ3v) is 4.83. The van der Waals surface area contributed by atoms with E-state index in [1.165, 1.54) is 0 Å². The van der Waals surface area contributed by atoms with E-state index in [-0.39, 0.29) is 11.9 Å². The van der Waals surface area contributed by atoms with Crippen molar-refractivity contribution >= 4 is 5.91 Å². The third-order valence-electron chi connectivity index (χ3n) is 4.83. The van der Waals surface area contributed by atoms with Gasteiger partial charge in [-0.05, 0) is 37.8 Å². The minimum Gasteiger partial charge on any atom is -0.456 e. The normalized spacial score (nSPS) is 18.8. The van der Waals surface area contributed by atoms with Crippen LogP contribution in [0.4, 0.5) is 0 Å². The van der Waals surface area contributed by atoms with Crippen molar-refractivity contribution in [2.45, 2.75) is 51.7 Å². The molecule has 128 valence electrons. The summed E-state index contributed by atoms with van der Waals surface area (Å²) in [5.41, 5.74) is 1.80. The van der Waals surface area contributed by atoms with Crippen LogP contribution in [-0.4, -0.2) is 28.5 Å². The molecule has 1 aromatic carbocycles. The summed E-state index contributed by atoms with van der Waals surface area (Å²) in [4.78, 5) is 14.7. The van der Waals surface area contributed by atoms with Gasteiger partial charge in [-0.25, -0.2) is 0 Å². The number of aliphatic hydroxyl groups is 1. The molecule has 1 aromatic heterocycles. The van der Waals surface area contributed by atoms with Gasteiger partial charge in [0.15, 0.2) is 5.76 Å². The fraction of sp³-hybridized carbons (Fsp3) is 0.450. The number of aliphatic hydroxyl groups excluding tert-OH is 1. The van der Waals surface area contributed by atoms with Crippen LogP contribution in [0.5, 0.6) is 0 Å². The first-order valence-electron chi connectivity index (χ1n) is 8.73. The van der Waals surface area contributed by atoms with Crippen LogP contribution in [0.2, 0.25) is 0 Å². The Bertz CT molecular complexity index is 692. The van der Waals surface area contributed by atoms with Gasteiger partial charge in [0.1, 0.15) is 5.76 Å². The van der Waals surface area contributed by atoms with Crippen molar-refractivity contribution in [2.24, 2.45) is 0 Å². The molecule has 1 N–H and O–H groups in total. The highest BCUT2D eigenvalue weighted by Crippen LogP contribution is 2.29. The molecule has 1 aliphatic heterocycles. The Morgan fingerprint density at radius 1 is 1.38 bits per heavy atom. The van der Waals surface area contributed by atoms with Gasteiger partial charge in [0, 0.05) is 24.6 Å². The zero-order valence-corrected chi connectivity index (χ0v) is 14.4. The molecular weight excluding hydrogens is 302 g/mol. The first kappa shape index (κ1) is 16.8. The van der Waals surface area contributed by atoms with E-state index in [0.29, 0.717) is 12.2 Å². The van der Waals surface area contributed by atoms with Crippen molar-refractivity contribution in [1.82, 2.24) is 4.90 Å². The molecule has 0 spiro atoms. The number of carbonyl (C=O) groups excluding carboxylic acids is 1. The molecule has 3 rings (SSSR count). The number of hydrogen-bond acceptors (Lipinski definition) is 3. The van der Waals surface area contributed by atoms with Crippen LogP contribution in [-0.2, 0) is 6.42 Å². The van der Waals surface area contributed by atoms with Crippen LogP contribution in [0.1, 0.15) is 59.7 Å². The molecule has 4 heteroatoms. The smallest absolute Gasteiger partial charge is 0.290 e. The molecule has 24 heavy (non-hydrogen) atoms. The van der Waals surface area contributed by atoms with E-state index in [1.54, 1.807) is 0 Å². The van der Waals surface area contributed by atoms with E-state index in [1.807, 2.05) is 55.1 Å². The van der Waals surface area contributed by atoms with Crippen molar-refractivity contribution < 1.29 is 14.3 Å². The van der Waals surface area contributed by atoms with Crippen molar-refractivity contribution in [1.29, 1.82) is 0 Å². The predicted molar refractivity (Wildman–Crippen MR) is 92.9 cm³/mol. The fourth-order valence-electron chi connectivity index (χ4n) is 3.48. The van der Waals surface area contributed by atoms with Gasteiger partial charge < -0.3 is 14.4 Å². The number of amides is 1. The number of likely N-dealkylation sites (tertiary alicyclic amines) is 1. The molecule has 0 radical (unpaired) electrons.